The third-order valence-electron chi connectivity index (χ3n) is 14.8. The number of benzene rings is 7. The van der Waals surface area contributed by atoms with Crippen LogP contribution in [0.25, 0.3) is 5.65 Å². The van der Waals surface area contributed by atoms with Crippen molar-refractivity contribution in [2.24, 2.45) is 0 Å². The summed E-state index contributed by atoms with van der Waals surface area (Å²) in [5.41, 5.74) is 11.7. The molecule has 0 aliphatic rings. The quantitative estimate of drug-likeness (QED) is 0.0373. The van der Waals surface area contributed by atoms with Crippen LogP contribution in [0.1, 0.15) is 187 Å². The molecular weight excluding hydrogens is 1300 g/mol. The van der Waals surface area contributed by atoms with E-state index in [1.807, 2.05) is 83.5 Å². The van der Waals surface area contributed by atoms with Gasteiger partial charge in [0.1, 0.15) is 28.7 Å². The molecule has 13 heteroatoms. The molecular formula is C84H110F2N4O2S5. The fraction of sp³-hybridized carbons (Fsp3) is 0.369. The minimum Gasteiger partial charge on any atom is -0.494 e. The number of hydrogen-bond donors (Lipinski definition) is 0. The molecule has 0 radical (unpaired) electrons. The number of carbonyl (C=O) groups excluding carboxylic acids is 1. The Hall–Kier alpha value is -6.74. The van der Waals surface area contributed by atoms with Crippen LogP contribution in [-0.2, 0) is 66.2 Å². The largest absolute Gasteiger partial charge is 0.494 e. The molecule has 97 heavy (non-hydrogen) atoms. The minimum absolute atomic E-state index is 0.0823. The second-order valence-electron chi connectivity index (χ2n) is 23.3. The molecule has 10 aromatic rings. The zero-order valence-electron chi connectivity index (χ0n) is 59.6. The monoisotopic (exact) mass is 1400 g/mol. The first-order valence-electron chi connectivity index (χ1n) is 34.8. The van der Waals surface area contributed by atoms with Gasteiger partial charge in [-0.2, -0.15) is 28.6 Å². The smallest absolute Gasteiger partial charge is 0.182 e. The van der Waals surface area contributed by atoms with Crippen LogP contribution in [0.3, 0.4) is 0 Å². The summed E-state index contributed by atoms with van der Waals surface area (Å²) in [5.74, 6) is 7.53. The van der Waals surface area contributed by atoms with Crippen LogP contribution in [-0.4, -0.2) is 48.8 Å². The second-order valence-corrected chi connectivity index (χ2v) is 32.2. The number of hydrogen-bond acceptors (Lipinski definition) is 8. The van der Waals surface area contributed by atoms with Gasteiger partial charge in [-0.3, -0.25) is 9.48 Å². The number of unbranched alkanes of at least 4 members (excludes halogenated alkanes) is 3. The highest BCUT2D eigenvalue weighted by atomic mass is 33.1. The predicted octanol–water partition coefficient (Wildman–Crippen LogP) is 23.8. The number of nitrogens with zero attached hydrogens (tertiary/aromatic N) is 4. The number of aromatic nitrogens is 4. The summed E-state index contributed by atoms with van der Waals surface area (Å²) in [7, 11) is -1.23. The third-order valence-corrected chi connectivity index (χ3v) is 20.6. The molecule has 522 valence electrons. The van der Waals surface area contributed by atoms with Crippen molar-refractivity contribution in [1.29, 1.82) is 0 Å². The Morgan fingerprint density at radius 3 is 1.69 bits per heavy atom. The zero-order chi connectivity index (χ0) is 70.6. The van der Waals surface area contributed by atoms with Crippen LogP contribution in [0.5, 0.6) is 5.75 Å². The highest BCUT2D eigenvalue weighted by Gasteiger charge is 2.09. The molecule has 0 fully saturated rings. The molecule has 0 bridgehead atoms. The van der Waals surface area contributed by atoms with Crippen molar-refractivity contribution in [2.75, 3.05) is 23.9 Å². The van der Waals surface area contributed by atoms with Crippen molar-refractivity contribution in [3.8, 4) is 5.75 Å². The van der Waals surface area contributed by atoms with Crippen LogP contribution in [0.15, 0.2) is 237 Å². The van der Waals surface area contributed by atoms with Crippen LogP contribution in [0.2, 0.25) is 0 Å². The lowest BCUT2D eigenvalue weighted by molar-refractivity contribution is 0.0984. The van der Waals surface area contributed by atoms with Crippen molar-refractivity contribution < 1.29 is 18.3 Å². The van der Waals surface area contributed by atoms with E-state index < -0.39 is 7.15 Å². The first-order chi connectivity index (χ1) is 47.1. The van der Waals surface area contributed by atoms with Crippen LogP contribution in [0.4, 0.5) is 8.78 Å². The number of carbonyl (C=O) groups is 1. The van der Waals surface area contributed by atoms with Gasteiger partial charge >= 0.3 is 0 Å². The lowest BCUT2D eigenvalue weighted by Gasteiger charge is -2.09. The fourth-order valence-corrected chi connectivity index (χ4v) is 13.8. The van der Waals surface area contributed by atoms with Gasteiger partial charge < -0.3 is 9.14 Å². The standard InChI is InChI=1S/C12H14N2.C11H15FO.C11H12N2O.C11H16S3.C10H13FS.C10H14S.C10H14.C9H12/c1-2-11-4-6-12(7-5-11)10-14-9-3-8-13-14;1-2-3-4-9-13-11-7-5-10(12)6-8-11;1-3-10(14)9-7-13-5-4-8(2)6-11(13)12-9;1-2-3-9-14(12,13)10-11-7-5-4-6-8-11;1-2-7-12-8-9-5-3-4-6-10(9)11;1-2-8-11-9-10-6-4-3-5-7-10;1-3-9(2)10-7-5-4-6-8-10;1-2-6-9-7-4-3-5-8-9/h3-9H,2,10H2,1H3;5-8H,2-4,9H2,1H3;4-7H,3H2,1-2H3;4-8H,2-3,9-10H2,1H3;3-6H,2,7-8H2,1H3;3-7H,2,8-9H2,1H3;4-9H,3H2,1-2H3;3-5,7-8H,2,6H2,1H3. The maximum Gasteiger partial charge on any atom is 0.182 e. The fourth-order valence-electron chi connectivity index (χ4n) is 9.00. The summed E-state index contributed by atoms with van der Waals surface area (Å²) >= 11 is 14.8. The average Bonchev–Trinajstić information content (AvgIpc) is 1.78. The first kappa shape index (κ1) is 84.5. The lowest BCUT2D eigenvalue weighted by Crippen LogP contribution is -2.06. The summed E-state index contributed by atoms with van der Waals surface area (Å²) in [6.07, 6.45) is 21.0. The number of thioether (sulfide) groups is 2. The molecule has 0 saturated carbocycles. The van der Waals surface area contributed by atoms with Crippen molar-refractivity contribution >= 4 is 64.5 Å². The Bertz CT molecular complexity index is 3630. The average molecular weight is 1410 g/mol. The van der Waals surface area contributed by atoms with Gasteiger partial charge in [-0.05, 0) is 185 Å². The molecule has 10 rings (SSSR count). The summed E-state index contributed by atoms with van der Waals surface area (Å²) in [5, 5.41) is 4.17. The van der Waals surface area contributed by atoms with Crippen molar-refractivity contribution in [3.05, 3.63) is 299 Å². The van der Waals surface area contributed by atoms with E-state index in [9.17, 15) is 13.6 Å². The number of Topliss-reactive ketones (excluding diaryl/α,β-unsaturated/α-hetero) is 1. The minimum atomic E-state index is -1.23. The van der Waals surface area contributed by atoms with Crippen molar-refractivity contribution in [1.82, 2.24) is 19.2 Å². The van der Waals surface area contributed by atoms with E-state index in [1.165, 1.54) is 109 Å². The molecule has 0 saturated heterocycles. The maximum atomic E-state index is 13.0. The highest BCUT2D eigenvalue weighted by molar-refractivity contribution is 8.56. The van der Waals surface area contributed by atoms with Gasteiger partial charge in [0.2, 0.25) is 0 Å². The number of pyridine rings is 1. The maximum absolute atomic E-state index is 13.0. The SMILES string of the molecule is CCC(=O)c1cn2ccc(C)cc2n1.CCC(C)c1ccccc1.CCCCCOc1ccc(F)cc1.CCCCS(=S)(=S)Cc1ccccc1.CCCSCc1ccccc1.CCCSCc1ccccc1F.CCCc1ccccc1.CCc1ccc(Cn2cccn2)cc1. The Balaban J connectivity index is 0.000000290. The molecule has 0 spiro atoms. The number of halogens is 2. The lowest BCUT2D eigenvalue weighted by atomic mass is 9.99. The summed E-state index contributed by atoms with van der Waals surface area (Å²) in [6, 6.07) is 69.9. The molecule has 6 nitrogen and oxygen atoms in total. The number of fused-ring (bicyclic) bond motifs is 1. The Morgan fingerprint density at radius 1 is 0.577 bits per heavy atom. The van der Waals surface area contributed by atoms with Gasteiger partial charge in [-0.15, -0.1) is 0 Å². The summed E-state index contributed by atoms with van der Waals surface area (Å²) in [6.45, 7) is 23.0. The predicted molar refractivity (Wildman–Crippen MR) is 426 cm³/mol. The van der Waals surface area contributed by atoms with Crippen LogP contribution < -0.4 is 4.74 Å². The molecule has 0 N–H and O–H groups in total. The van der Waals surface area contributed by atoms with E-state index in [4.69, 9.17) is 27.1 Å². The topological polar surface area (TPSA) is 61.4 Å². The Morgan fingerprint density at radius 2 is 1.14 bits per heavy atom. The highest BCUT2D eigenvalue weighted by Crippen LogP contribution is 2.19. The van der Waals surface area contributed by atoms with Crippen molar-refractivity contribution in [2.45, 2.75) is 176 Å². The van der Waals surface area contributed by atoms with Crippen molar-refractivity contribution in [3.63, 3.8) is 0 Å². The van der Waals surface area contributed by atoms with Gasteiger partial charge in [0.25, 0.3) is 0 Å². The molecule has 0 amide bonds. The number of ketones is 1. The van der Waals surface area contributed by atoms with Gasteiger partial charge in [-0.1, -0.05) is 259 Å². The normalized spacial score (nSPS) is 10.6. The van der Waals surface area contributed by atoms with E-state index in [0.717, 1.165) is 83.7 Å². The van der Waals surface area contributed by atoms with E-state index in [2.05, 4.69) is 205 Å². The molecule has 1 unspecified atom stereocenters. The third kappa shape index (κ3) is 39.4. The molecule has 0 aliphatic carbocycles. The molecule has 1 atom stereocenters. The number of aryl methyl sites for hydroxylation is 3. The zero-order valence-corrected chi connectivity index (χ0v) is 63.7. The van der Waals surface area contributed by atoms with Gasteiger partial charge in [0.05, 0.1) is 13.2 Å². The summed E-state index contributed by atoms with van der Waals surface area (Å²) in [4.78, 5) is 15.6. The number of rotatable bonds is 27. The van der Waals surface area contributed by atoms with Crippen LogP contribution >= 0.6 is 23.5 Å². The molecule has 0 aliphatic heterocycles. The van der Waals surface area contributed by atoms with E-state index >= 15 is 0 Å². The molecule has 7 aromatic carbocycles. The van der Waals surface area contributed by atoms with Gasteiger partial charge in [0, 0.05) is 54.2 Å². The summed E-state index contributed by atoms with van der Waals surface area (Å²) < 4.78 is 34.7. The molecule has 3 aromatic heterocycles. The van der Waals surface area contributed by atoms with E-state index in [-0.39, 0.29) is 17.4 Å². The Labute approximate surface area is 602 Å². The number of ether oxygens (including phenoxy) is 1. The molecule has 3 heterocycles. The van der Waals surface area contributed by atoms with E-state index in [1.54, 1.807) is 42.4 Å². The number of imidazole rings is 1. The Kier molecular flexibility index (Phi) is 46.4. The van der Waals surface area contributed by atoms with Gasteiger partial charge in [0.15, 0.2) is 5.78 Å². The second kappa shape index (κ2) is 53.3. The van der Waals surface area contributed by atoms with Crippen LogP contribution in [0, 0.1) is 18.6 Å². The first-order valence-corrected chi connectivity index (χ1v) is 40.9. The van der Waals surface area contributed by atoms with Gasteiger partial charge in [-0.25, -0.2) is 13.8 Å². The van der Waals surface area contributed by atoms with E-state index in [0.29, 0.717) is 18.0 Å².